The van der Waals surface area contributed by atoms with Crippen LogP contribution < -0.4 is 10.3 Å². The van der Waals surface area contributed by atoms with E-state index >= 15 is 0 Å². The van der Waals surface area contributed by atoms with Gasteiger partial charge in [-0.1, -0.05) is 67.6 Å². The van der Waals surface area contributed by atoms with Crippen molar-refractivity contribution in [2.45, 2.75) is 58.1 Å². The molecule has 0 bridgehead atoms. The molecule has 0 saturated carbocycles. The van der Waals surface area contributed by atoms with E-state index < -0.39 is 11.5 Å². The van der Waals surface area contributed by atoms with E-state index in [2.05, 4.69) is 62.2 Å². The number of carbonyl (C=O) groups excluding carboxylic acids is 1. The number of hydrogen-bond donors (Lipinski definition) is 2. The average Bonchev–Trinajstić information content (AvgIpc) is 2.85. The van der Waals surface area contributed by atoms with Crippen LogP contribution in [0.3, 0.4) is 0 Å². The SMILES string of the molecule is CCN1c2cc(C)c(/C=N\NC(=O)C(O)(c3ccccc3)c3ccccc3)cc2[C@H](C)CC1(C)C. The van der Waals surface area contributed by atoms with Crippen LogP contribution in [0.15, 0.2) is 77.9 Å². The van der Waals surface area contributed by atoms with Gasteiger partial charge in [0, 0.05) is 17.8 Å². The predicted octanol–water partition coefficient (Wildman–Crippen LogP) is 5.49. The normalized spacial score (nSPS) is 17.3. The lowest BCUT2D eigenvalue weighted by atomic mass is 9.79. The number of anilines is 1. The van der Waals surface area contributed by atoms with Crippen LogP contribution in [0.5, 0.6) is 0 Å². The highest BCUT2D eigenvalue weighted by Crippen LogP contribution is 2.44. The number of benzene rings is 3. The first-order valence-electron chi connectivity index (χ1n) is 12.3. The highest BCUT2D eigenvalue weighted by Gasteiger charge is 2.40. The molecule has 1 aliphatic rings. The summed E-state index contributed by atoms with van der Waals surface area (Å²) in [5, 5.41) is 15.8. The molecule has 5 nitrogen and oxygen atoms in total. The van der Waals surface area contributed by atoms with Gasteiger partial charge in [0.2, 0.25) is 0 Å². The predicted molar refractivity (Wildman–Crippen MR) is 143 cm³/mol. The Kier molecular flexibility index (Phi) is 6.82. The lowest BCUT2D eigenvalue weighted by Crippen LogP contribution is -2.48. The Morgan fingerprint density at radius 2 is 1.69 bits per heavy atom. The van der Waals surface area contributed by atoms with Gasteiger partial charge in [0.05, 0.1) is 6.21 Å². The summed E-state index contributed by atoms with van der Waals surface area (Å²) in [6.45, 7) is 12.1. The van der Waals surface area contributed by atoms with Crippen molar-refractivity contribution in [1.82, 2.24) is 5.43 Å². The molecule has 3 aromatic carbocycles. The van der Waals surface area contributed by atoms with Crippen molar-refractivity contribution in [2.75, 3.05) is 11.4 Å². The minimum absolute atomic E-state index is 0.108. The molecule has 5 heteroatoms. The minimum atomic E-state index is -1.85. The number of amides is 1. The lowest BCUT2D eigenvalue weighted by Gasteiger charge is -2.47. The summed E-state index contributed by atoms with van der Waals surface area (Å²) >= 11 is 0. The molecule has 0 fully saturated rings. The Morgan fingerprint density at radius 3 is 2.23 bits per heavy atom. The van der Waals surface area contributed by atoms with Crippen LogP contribution in [-0.2, 0) is 10.4 Å². The van der Waals surface area contributed by atoms with Crippen LogP contribution in [0.25, 0.3) is 0 Å². The summed E-state index contributed by atoms with van der Waals surface area (Å²) in [7, 11) is 0. The molecule has 0 radical (unpaired) electrons. The molecule has 182 valence electrons. The second-order valence-corrected chi connectivity index (χ2v) is 10.1. The summed E-state index contributed by atoms with van der Waals surface area (Å²) in [4.78, 5) is 15.8. The number of hydrazone groups is 1. The average molecular weight is 470 g/mol. The van der Waals surface area contributed by atoms with E-state index in [1.165, 1.54) is 11.3 Å². The molecule has 0 unspecified atom stereocenters. The van der Waals surface area contributed by atoms with Crippen molar-refractivity contribution in [2.24, 2.45) is 5.10 Å². The van der Waals surface area contributed by atoms with Gasteiger partial charge in [-0.3, -0.25) is 4.79 Å². The number of nitrogens with zero attached hydrogens (tertiary/aromatic N) is 2. The van der Waals surface area contributed by atoms with E-state index in [1.54, 1.807) is 54.7 Å². The van der Waals surface area contributed by atoms with Crippen LogP contribution in [0.2, 0.25) is 0 Å². The van der Waals surface area contributed by atoms with Crippen molar-refractivity contribution in [3.63, 3.8) is 0 Å². The Morgan fingerprint density at radius 1 is 1.11 bits per heavy atom. The van der Waals surface area contributed by atoms with Crippen LogP contribution in [0.4, 0.5) is 5.69 Å². The van der Waals surface area contributed by atoms with E-state index in [-0.39, 0.29) is 5.54 Å². The second-order valence-electron chi connectivity index (χ2n) is 10.1. The molecule has 1 atom stereocenters. The van der Waals surface area contributed by atoms with Crippen molar-refractivity contribution in [3.8, 4) is 0 Å². The zero-order valence-corrected chi connectivity index (χ0v) is 21.2. The minimum Gasteiger partial charge on any atom is -0.372 e. The number of hydrogen-bond acceptors (Lipinski definition) is 4. The Hall–Kier alpha value is -3.44. The first-order valence-corrected chi connectivity index (χ1v) is 12.3. The van der Waals surface area contributed by atoms with Crippen molar-refractivity contribution in [1.29, 1.82) is 0 Å². The molecule has 1 amide bonds. The van der Waals surface area contributed by atoms with E-state index in [0.717, 1.165) is 24.1 Å². The molecule has 0 spiro atoms. The molecule has 0 aliphatic carbocycles. The maximum atomic E-state index is 13.3. The molecule has 1 aliphatic heterocycles. The maximum absolute atomic E-state index is 13.3. The van der Waals surface area contributed by atoms with Gasteiger partial charge in [-0.15, -0.1) is 0 Å². The molecule has 0 saturated heterocycles. The van der Waals surface area contributed by atoms with Crippen LogP contribution >= 0.6 is 0 Å². The van der Waals surface area contributed by atoms with Gasteiger partial charge in [0.15, 0.2) is 5.60 Å². The van der Waals surface area contributed by atoms with Gasteiger partial charge < -0.3 is 10.0 Å². The fourth-order valence-corrected chi connectivity index (χ4v) is 5.42. The van der Waals surface area contributed by atoms with Gasteiger partial charge in [-0.2, -0.15) is 5.10 Å². The Labute approximate surface area is 208 Å². The van der Waals surface area contributed by atoms with Crippen molar-refractivity contribution >= 4 is 17.8 Å². The van der Waals surface area contributed by atoms with Gasteiger partial charge >= 0.3 is 0 Å². The molecule has 3 aromatic rings. The summed E-state index contributed by atoms with van der Waals surface area (Å²) < 4.78 is 0. The van der Waals surface area contributed by atoms with Crippen LogP contribution in [-0.4, -0.2) is 29.3 Å². The quantitative estimate of drug-likeness (QED) is 0.370. The van der Waals surface area contributed by atoms with Crippen LogP contribution in [0.1, 0.15) is 67.9 Å². The summed E-state index contributed by atoms with van der Waals surface area (Å²) in [6.07, 6.45) is 2.75. The van der Waals surface area contributed by atoms with Gasteiger partial charge in [0.25, 0.3) is 5.91 Å². The lowest BCUT2D eigenvalue weighted by molar-refractivity contribution is -0.136. The third-order valence-corrected chi connectivity index (χ3v) is 7.17. The van der Waals surface area contributed by atoms with Gasteiger partial charge in [-0.25, -0.2) is 5.43 Å². The third kappa shape index (κ3) is 4.61. The molecular formula is C30H35N3O2. The fourth-order valence-electron chi connectivity index (χ4n) is 5.42. The highest BCUT2D eigenvalue weighted by molar-refractivity contribution is 5.91. The number of nitrogens with one attached hydrogen (secondary N) is 1. The van der Waals surface area contributed by atoms with E-state index in [4.69, 9.17) is 0 Å². The first-order chi connectivity index (χ1) is 16.7. The summed E-state index contributed by atoms with van der Waals surface area (Å²) in [5.41, 5.74) is 6.43. The topological polar surface area (TPSA) is 64.9 Å². The van der Waals surface area contributed by atoms with E-state index in [9.17, 15) is 9.90 Å². The largest absolute Gasteiger partial charge is 0.372 e. The highest BCUT2D eigenvalue weighted by atomic mass is 16.3. The van der Waals surface area contributed by atoms with Crippen molar-refractivity contribution < 1.29 is 9.90 Å². The monoisotopic (exact) mass is 469 g/mol. The number of fused-ring (bicyclic) bond motifs is 1. The fraction of sp³-hybridized carbons (Fsp3) is 0.333. The molecule has 1 heterocycles. The molecule has 2 N–H and O–H groups in total. The summed E-state index contributed by atoms with van der Waals surface area (Å²) in [5.74, 6) is -0.180. The Balaban J connectivity index is 1.62. The number of aliphatic hydroxyl groups is 1. The Bertz CT molecular complexity index is 1180. The smallest absolute Gasteiger partial charge is 0.281 e. The second kappa shape index (κ2) is 9.67. The van der Waals surface area contributed by atoms with Gasteiger partial charge in [0.1, 0.15) is 0 Å². The molecule has 4 rings (SSSR count). The number of aryl methyl sites for hydroxylation is 1. The van der Waals surface area contributed by atoms with E-state index in [1.807, 2.05) is 12.1 Å². The number of carbonyl (C=O) groups is 1. The third-order valence-electron chi connectivity index (χ3n) is 7.17. The zero-order chi connectivity index (χ0) is 25.2. The first kappa shape index (κ1) is 24.7. The molecular weight excluding hydrogens is 434 g/mol. The molecule has 0 aromatic heterocycles. The van der Waals surface area contributed by atoms with Crippen molar-refractivity contribution in [3.05, 3.63) is 101 Å². The van der Waals surface area contributed by atoms with E-state index in [0.29, 0.717) is 17.0 Å². The maximum Gasteiger partial charge on any atom is 0.281 e. The zero-order valence-electron chi connectivity index (χ0n) is 21.2. The van der Waals surface area contributed by atoms with Gasteiger partial charge in [-0.05, 0) is 80.0 Å². The standard InChI is InChI=1S/C30H35N3O2/c1-6-33-27-17-21(2)23(18-26(27)22(3)19-29(33,4)5)20-31-32-28(34)30(35,24-13-9-7-10-14-24)25-15-11-8-12-16-25/h7-18,20,22,35H,6,19H2,1-5H3,(H,32,34)/b31-20-/t22-/m1/s1. The number of rotatable bonds is 6. The van der Waals surface area contributed by atoms with Crippen LogP contribution in [0, 0.1) is 6.92 Å². The summed E-state index contributed by atoms with van der Waals surface area (Å²) in [6, 6.07) is 22.3. The molecule has 35 heavy (non-hydrogen) atoms.